The van der Waals surface area contributed by atoms with Gasteiger partial charge in [-0.2, -0.15) is 0 Å². The van der Waals surface area contributed by atoms with E-state index in [1.807, 2.05) is 0 Å². The Kier molecular flexibility index (Phi) is 9.48. The number of hydrogen-bond acceptors (Lipinski definition) is 4. The minimum Gasteiger partial charge on any atom is -0.385 e. The summed E-state index contributed by atoms with van der Waals surface area (Å²) in [7, 11) is 1.71. The first-order valence-corrected chi connectivity index (χ1v) is 7.24. The van der Waals surface area contributed by atoms with Gasteiger partial charge in [0.25, 0.3) is 0 Å². The second-order valence-corrected chi connectivity index (χ2v) is 5.03. The van der Waals surface area contributed by atoms with E-state index in [1.54, 1.807) is 7.11 Å². The van der Waals surface area contributed by atoms with Crippen LogP contribution in [0.2, 0.25) is 0 Å². The number of hydrogen-bond donors (Lipinski definition) is 1. The molecular formula is C14H29NO3. The standard InChI is InChI=1S/C14H29NO3/c1-13(12-15-14-6-3-4-7-14)18-11-10-17-9-5-8-16-2/h13-15H,3-12H2,1-2H3. The van der Waals surface area contributed by atoms with Crippen molar-refractivity contribution in [3.8, 4) is 0 Å². The average molecular weight is 259 g/mol. The molecule has 1 aliphatic carbocycles. The highest BCUT2D eigenvalue weighted by molar-refractivity contribution is 4.74. The molecule has 0 aromatic heterocycles. The lowest BCUT2D eigenvalue weighted by atomic mass is 10.2. The van der Waals surface area contributed by atoms with Crippen LogP contribution < -0.4 is 5.32 Å². The first kappa shape index (κ1) is 15.9. The van der Waals surface area contributed by atoms with Crippen LogP contribution in [0, 0.1) is 0 Å². The van der Waals surface area contributed by atoms with Gasteiger partial charge in [0, 0.05) is 32.9 Å². The van der Waals surface area contributed by atoms with Gasteiger partial charge in [0.15, 0.2) is 0 Å². The Bertz CT molecular complexity index is 184. The van der Waals surface area contributed by atoms with E-state index in [0.29, 0.717) is 13.2 Å². The monoisotopic (exact) mass is 259 g/mol. The van der Waals surface area contributed by atoms with E-state index >= 15 is 0 Å². The van der Waals surface area contributed by atoms with E-state index in [0.717, 1.165) is 32.2 Å². The van der Waals surface area contributed by atoms with E-state index in [-0.39, 0.29) is 6.10 Å². The van der Waals surface area contributed by atoms with Gasteiger partial charge in [0.05, 0.1) is 19.3 Å². The molecule has 0 aliphatic heterocycles. The molecule has 0 heterocycles. The van der Waals surface area contributed by atoms with Gasteiger partial charge in [-0.25, -0.2) is 0 Å². The molecule has 108 valence electrons. The molecule has 1 rings (SSSR count). The van der Waals surface area contributed by atoms with Gasteiger partial charge in [0.1, 0.15) is 0 Å². The Balaban J connectivity index is 1.82. The molecule has 4 nitrogen and oxygen atoms in total. The van der Waals surface area contributed by atoms with Gasteiger partial charge in [-0.15, -0.1) is 0 Å². The molecule has 0 bridgehead atoms. The van der Waals surface area contributed by atoms with Crippen LogP contribution in [0.1, 0.15) is 39.0 Å². The lowest BCUT2D eigenvalue weighted by Gasteiger charge is -2.17. The van der Waals surface area contributed by atoms with Crippen molar-refractivity contribution in [2.75, 3.05) is 40.1 Å². The van der Waals surface area contributed by atoms with Crippen molar-refractivity contribution in [2.45, 2.75) is 51.2 Å². The maximum atomic E-state index is 5.69. The normalized spacial score (nSPS) is 18.3. The molecule has 0 radical (unpaired) electrons. The molecule has 0 aromatic rings. The quantitative estimate of drug-likeness (QED) is 0.576. The molecule has 18 heavy (non-hydrogen) atoms. The minimum atomic E-state index is 0.271. The maximum Gasteiger partial charge on any atom is 0.0704 e. The van der Waals surface area contributed by atoms with Crippen LogP contribution in [0.5, 0.6) is 0 Å². The zero-order valence-corrected chi connectivity index (χ0v) is 12.0. The topological polar surface area (TPSA) is 39.7 Å². The third kappa shape index (κ3) is 8.03. The summed E-state index contributed by atoms with van der Waals surface area (Å²) < 4.78 is 16.1. The average Bonchev–Trinajstić information content (AvgIpc) is 2.88. The van der Waals surface area contributed by atoms with Crippen LogP contribution in [0.15, 0.2) is 0 Å². The molecule has 1 N–H and O–H groups in total. The van der Waals surface area contributed by atoms with Gasteiger partial charge in [-0.3, -0.25) is 0 Å². The van der Waals surface area contributed by atoms with Crippen molar-refractivity contribution in [1.82, 2.24) is 5.32 Å². The molecule has 0 spiro atoms. The zero-order valence-electron chi connectivity index (χ0n) is 12.0. The van der Waals surface area contributed by atoms with E-state index in [1.165, 1.54) is 25.7 Å². The summed E-state index contributed by atoms with van der Waals surface area (Å²) in [6.07, 6.45) is 6.64. The third-order valence-corrected chi connectivity index (χ3v) is 3.32. The van der Waals surface area contributed by atoms with Crippen molar-refractivity contribution in [3.63, 3.8) is 0 Å². The molecule has 1 saturated carbocycles. The Morgan fingerprint density at radius 1 is 1.11 bits per heavy atom. The van der Waals surface area contributed by atoms with E-state index < -0.39 is 0 Å². The van der Waals surface area contributed by atoms with E-state index in [9.17, 15) is 0 Å². The lowest BCUT2D eigenvalue weighted by molar-refractivity contribution is 0.00804. The van der Waals surface area contributed by atoms with E-state index in [2.05, 4.69) is 12.2 Å². The SMILES string of the molecule is COCCCOCCOC(C)CNC1CCCC1. The highest BCUT2D eigenvalue weighted by Gasteiger charge is 2.14. The fourth-order valence-electron chi connectivity index (χ4n) is 2.24. The van der Waals surface area contributed by atoms with E-state index in [4.69, 9.17) is 14.2 Å². The van der Waals surface area contributed by atoms with Gasteiger partial charge in [-0.05, 0) is 26.2 Å². The van der Waals surface area contributed by atoms with Gasteiger partial charge in [0.2, 0.25) is 0 Å². The first-order chi connectivity index (χ1) is 8.83. The number of ether oxygens (including phenoxy) is 3. The highest BCUT2D eigenvalue weighted by atomic mass is 16.5. The summed E-state index contributed by atoms with van der Waals surface area (Å²) in [5, 5.41) is 3.57. The second kappa shape index (κ2) is 10.7. The zero-order chi connectivity index (χ0) is 13.1. The summed E-state index contributed by atoms with van der Waals surface area (Å²) >= 11 is 0. The van der Waals surface area contributed by atoms with Gasteiger partial charge in [-0.1, -0.05) is 12.8 Å². The second-order valence-electron chi connectivity index (χ2n) is 5.03. The molecule has 0 saturated heterocycles. The Morgan fingerprint density at radius 2 is 1.89 bits per heavy atom. The van der Waals surface area contributed by atoms with Crippen molar-refractivity contribution in [2.24, 2.45) is 0 Å². The summed E-state index contributed by atoms with van der Waals surface area (Å²) in [6.45, 7) is 5.95. The van der Waals surface area contributed by atoms with Crippen LogP contribution in [0.4, 0.5) is 0 Å². The van der Waals surface area contributed by atoms with Crippen LogP contribution >= 0.6 is 0 Å². The van der Waals surface area contributed by atoms with Crippen molar-refractivity contribution < 1.29 is 14.2 Å². The first-order valence-electron chi connectivity index (χ1n) is 7.24. The smallest absolute Gasteiger partial charge is 0.0704 e. The van der Waals surface area contributed by atoms with Crippen LogP contribution in [-0.4, -0.2) is 52.2 Å². The van der Waals surface area contributed by atoms with Crippen molar-refractivity contribution >= 4 is 0 Å². The molecule has 1 aliphatic rings. The molecule has 0 amide bonds. The van der Waals surface area contributed by atoms with Crippen molar-refractivity contribution in [1.29, 1.82) is 0 Å². The summed E-state index contributed by atoms with van der Waals surface area (Å²) in [5.74, 6) is 0. The number of nitrogens with one attached hydrogen (secondary N) is 1. The maximum absolute atomic E-state index is 5.69. The molecule has 1 fully saturated rings. The summed E-state index contributed by atoms with van der Waals surface area (Å²) in [4.78, 5) is 0. The fourth-order valence-corrected chi connectivity index (χ4v) is 2.24. The number of methoxy groups -OCH3 is 1. The molecule has 1 unspecified atom stereocenters. The van der Waals surface area contributed by atoms with Crippen molar-refractivity contribution in [3.05, 3.63) is 0 Å². The van der Waals surface area contributed by atoms with Crippen LogP contribution in [0.3, 0.4) is 0 Å². The van der Waals surface area contributed by atoms with Crippen LogP contribution in [-0.2, 0) is 14.2 Å². The predicted octanol–water partition coefficient (Wildman–Crippen LogP) is 1.98. The lowest BCUT2D eigenvalue weighted by Crippen LogP contribution is -2.34. The molecule has 4 heteroatoms. The largest absolute Gasteiger partial charge is 0.385 e. The van der Waals surface area contributed by atoms with Gasteiger partial charge < -0.3 is 19.5 Å². The Labute approximate surface area is 111 Å². The molecule has 1 atom stereocenters. The molecule has 0 aromatic carbocycles. The predicted molar refractivity (Wildman–Crippen MR) is 73.0 cm³/mol. The number of rotatable bonds is 11. The highest BCUT2D eigenvalue weighted by Crippen LogP contribution is 2.17. The Morgan fingerprint density at radius 3 is 2.61 bits per heavy atom. The molecular weight excluding hydrogens is 230 g/mol. The summed E-state index contributed by atoms with van der Waals surface area (Å²) in [5.41, 5.74) is 0. The summed E-state index contributed by atoms with van der Waals surface area (Å²) in [6, 6.07) is 0.723. The van der Waals surface area contributed by atoms with Gasteiger partial charge >= 0.3 is 0 Å². The fraction of sp³-hybridized carbons (Fsp3) is 1.00. The third-order valence-electron chi connectivity index (χ3n) is 3.32. The Hall–Kier alpha value is -0.160. The minimum absolute atomic E-state index is 0.271. The van der Waals surface area contributed by atoms with Crippen LogP contribution in [0.25, 0.3) is 0 Å².